The van der Waals surface area contributed by atoms with Crippen LogP contribution in [-0.2, 0) is 0 Å². The maximum atomic E-state index is 5.79. The summed E-state index contributed by atoms with van der Waals surface area (Å²) in [5, 5.41) is 3.16. The van der Waals surface area contributed by atoms with Gasteiger partial charge in [-0.05, 0) is 19.1 Å². The van der Waals surface area contributed by atoms with Gasteiger partial charge in [-0.1, -0.05) is 6.07 Å². The van der Waals surface area contributed by atoms with E-state index in [9.17, 15) is 0 Å². The lowest BCUT2D eigenvalue weighted by atomic mass is 10.2. The lowest BCUT2D eigenvalue weighted by Gasteiger charge is -2.28. The zero-order valence-corrected chi connectivity index (χ0v) is 9.66. The largest absolute Gasteiger partial charge is 0.490 e. The first-order valence-corrected chi connectivity index (χ1v) is 5.52. The zero-order chi connectivity index (χ0) is 11.4. The van der Waals surface area contributed by atoms with E-state index in [0.717, 1.165) is 24.6 Å². The molecule has 0 saturated carbocycles. The van der Waals surface area contributed by atoms with Crippen molar-refractivity contribution in [3.05, 3.63) is 18.2 Å². The highest BCUT2D eigenvalue weighted by Crippen LogP contribution is 2.37. The maximum absolute atomic E-state index is 5.79. The molecule has 88 valence electrons. The van der Waals surface area contributed by atoms with E-state index in [1.54, 1.807) is 7.11 Å². The van der Waals surface area contributed by atoms with Crippen LogP contribution in [0.4, 0.5) is 0 Å². The predicted molar refractivity (Wildman–Crippen MR) is 61.4 cm³/mol. The van der Waals surface area contributed by atoms with E-state index in [1.807, 2.05) is 25.1 Å². The smallest absolute Gasteiger partial charge is 0.203 e. The molecule has 1 N–H and O–H groups in total. The Morgan fingerprint density at radius 3 is 2.62 bits per heavy atom. The van der Waals surface area contributed by atoms with Gasteiger partial charge in [0.05, 0.1) is 13.7 Å². The molecule has 1 heterocycles. The van der Waals surface area contributed by atoms with E-state index in [-0.39, 0.29) is 6.10 Å². The van der Waals surface area contributed by atoms with Crippen LogP contribution in [0, 0.1) is 0 Å². The second-order valence-electron chi connectivity index (χ2n) is 3.62. The highest BCUT2D eigenvalue weighted by atomic mass is 16.5. The van der Waals surface area contributed by atoms with Crippen molar-refractivity contribution in [1.82, 2.24) is 5.32 Å². The van der Waals surface area contributed by atoms with Crippen molar-refractivity contribution in [3.63, 3.8) is 0 Å². The van der Waals surface area contributed by atoms with Gasteiger partial charge in [0.15, 0.2) is 11.5 Å². The second kappa shape index (κ2) is 5.07. The van der Waals surface area contributed by atoms with Gasteiger partial charge in [-0.15, -0.1) is 0 Å². The van der Waals surface area contributed by atoms with Crippen molar-refractivity contribution in [2.75, 3.05) is 26.8 Å². The lowest BCUT2D eigenvalue weighted by Crippen LogP contribution is -2.50. The number of methoxy groups -OCH3 is 1. The van der Waals surface area contributed by atoms with Crippen molar-refractivity contribution in [2.24, 2.45) is 0 Å². The molecule has 1 aromatic carbocycles. The lowest BCUT2D eigenvalue weighted by molar-refractivity contribution is 0.136. The van der Waals surface area contributed by atoms with Crippen LogP contribution in [0.25, 0.3) is 0 Å². The summed E-state index contributed by atoms with van der Waals surface area (Å²) in [5.41, 5.74) is 0. The summed E-state index contributed by atoms with van der Waals surface area (Å²) in [6.45, 7) is 4.34. The normalized spacial score (nSPS) is 15.4. The van der Waals surface area contributed by atoms with E-state index in [4.69, 9.17) is 14.2 Å². The molecule has 0 spiro atoms. The fraction of sp³-hybridized carbons (Fsp3) is 0.500. The Morgan fingerprint density at radius 1 is 1.31 bits per heavy atom. The first-order chi connectivity index (χ1) is 7.85. The quantitative estimate of drug-likeness (QED) is 0.820. The first kappa shape index (κ1) is 11.1. The van der Waals surface area contributed by atoms with Crippen LogP contribution < -0.4 is 19.5 Å². The van der Waals surface area contributed by atoms with Crippen molar-refractivity contribution in [2.45, 2.75) is 13.0 Å². The third kappa shape index (κ3) is 2.22. The minimum atomic E-state index is 0.241. The van der Waals surface area contributed by atoms with E-state index >= 15 is 0 Å². The van der Waals surface area contributed by atoms with Crippen LogP contribution in [0.5, 0.6) is 17.2 Å². The van der Waals surface area contributed by atoms with Gasteiger partial charge in [-0.3, -0.25) is 0 Å². The number of ether oxygens (including phenoxy) is 3. The number of nitrogens with one attached hydrogen (secondary N) is 1. The average Bonchev–Trinajstić information content (AvgIpc) is 2.24. The monoisotopic (exact) mass is 223 g/mol. The number of rotatable bonds is 5. The zero-order valence-electron chi connectivity index (χ0n) is 9.66. The van der Waals surface area contributed by atoms with Gasteiger partial charge in [-0.2, -0.15) is 0 Å². The highest BCUT2D eigenvalue weighted by Gasteiger charge is 2.21. The van der Waals surface area contributed by atoms with Crippen molar-refractivity contribution >= 4 is 0 Å². The Labute approximate surface area is 95.5 Å². The fourth-order valence-electron chi connectivity index (χ4n) is 1.58. The van der Waals surface area contributed by atoms with Gasteiger partial charge in [0.1, 0.15) is 6.10 Å². The molecule has 0 unspecified atom stereocenters. The van der Waals surface area contributed by atoms with Crippen molar-refractivity contribution < 1.29 is 14.2 Å². The molecule has 1 fully saturated rings. The van der Waals surface area contributed by atoms with Gasteiger partial charge in [-0.25, -0.2) is 0 Å². The third-order valence-electron chi connectivity index (χ3n) is 2.48. The van der Waals surface area contributed by atoms with Crippen LogP contribution in [0.3, 0.4) is 0 Å². The molecule has 0 aliphatic carbocycles. The predicted octanol–water partition coefficient (Wildman–Crippen LogP) is 1.44. The summed E-state index contributed by atoms with van der Waals surface area (Å²) in [6, 6.07) is 5.70. The number of benzene rings is 1. The summed E-state index contributed by atoms with van der Waals surface area (Å²) in [6.07, 6.45) is 0.241. The fourth-order valence-corrected chi connectivity index (χ4v) is 1.58. The highest BCUT2D eigenvalue weighted by molar-refractivity contribution is 5.51. The Balaban J connectivity index is 2.17. The summed E-state index contributed by atoms with van der Waals surface area (Å²) in [4.78, 5) is 0. The van der Waals surface area contributed by atoms with E-state index in [1.165, 1.54) is 0 Å². The minimum Gasteiger partial charge on any atom is -0.490 e. The third-order valence-corrected chi connectivity index (χ3v) is 2.48. The van der Waals surface area contributed by atoms with Crippen LogP contribution in [0.1, 0.15) is 6.92 Å². The molecule has 16 heavy (non-hydrogen) atoms. The molecule has 1 aliphatic rings. The number of para-hydroxylation sites is 1. The average molecular weight is 223 g/mol. The first-order valence-electron chi connectivity index (χ1n) is 5.52. The molecule has 0 aromatic heterocycles. The van der Waals surface area contributed by atoms with Crippen LogP contribution >= 0.6 is 0 Å². The molecule has 1 saturated heterocycles. The Hall–Kier alpha value is -1.42. The van der Waals surface area contributed by atoms with Gasteiger partial charge >= 0.3 is 0 Å². The molecule has 0 amide bonds. The van der Waals surface area contributed by atoms with E-state index in [2.05, 4.69) is 5.32 Å². The number of hydrogen-bond donors (Lipinski definition) is 1. The molecule has 1 aliphatic heterocycles. The Kier molecular flexibility index (Phi) is 3.51. The topological polar surface area (TPSA) is 39.7 Å². The van der Waals surface area contributed by atoms with Gasteiger partial charge in [0.2, 0.25) is 5.75 Å². The summed E-state index contributed by atoms with van der Waals surface area (Å²) < 4.78 is 16.6. The maximum Gasteiger partial charge on any atom is 0.203 e. The van der Waals surface area contributed by atoms with Crippen LogP contribution in [0.15, 0.2) is 18.2 Å². The summed E-state index contributed by atoms with van der Waals surface area (Å²) >= 11 is 0. The molecule has 2 rings (SSSR count). The van der Waals surface area contributed by atoms with Gasteiger partial charge in [0.25, 0.3) is 0 Å². The Bertz CT molecular complexity index is 350. The van der Waals surface area contributed by atoms with E-state index in [0.29, 0.717) is 12.4 Å². The molecule has 0 atom stereocenters. The molecular weight excluding hydrogens is 206 g/mol. The van der Waals surface area contributed by atoms with Crippen LogP contribution in [-0.4, -0.2) is 32.9 Å². The molecule has 0 bridgehead atoms. The molecule has 4 heteroatoms. The summed E-state index contributed by atoms with van der Waals surface area (Å²) in [7, 11) is 1.63. The minimum absolute atomic E-state index is 0.241. The Morgan fingerprint density at radius 2 is 2.06 bits per heavy atom. The van der Waals surface area contributed by atoms with Crippen molar-refractivity contribution in [3.8, 4) is 17.2 Å². The second-order valence-corrected chi connectivity index (χ2v) is 3.62. The summed E-state index contributed by atoms with van der Waals surface area (Å²) in [5.74, 6) is 2.16. The standard InChI is InChI=1S/C12H17NO3/c1-3-15-10-5-4-6-11(12(10)14-2)16-9-7-13-8-9/h4-6,9,13H,3,7-8H2,1-2H3. The SMILES string of the molecule is CCOc1cccc(OC2CNC2)c1OC. The van der Waals surface area contributed by atoms with E-state index < -0.39 is 0 Å². The van der Waals surface area contributed by atoms with Crippen LogP contribution in [0.2, 0.25) is 0 Å². The van der Waals surface area contributed by atoms with Gasteiger partial charge in [0, 0.05) is 13.1 Å². The molecule has 1 aromatic rings. The van der Waals surface area contributed by atoms with Gasteiger partial charge < -0.3 is 19.5 Å². The van der Waals surface area contributed by atoms with Crippen molar-refractivity contribution in [1.29, 1.82) is 0 Å². The number of hydrogen-bond acceptors (Lipinski definition) is 4. The molecule has 0 radical (unpaired) electrons. The molecule has 4 nitrogen and oxygen atoms in total. The molecular formula is C12H17NO3.